The molecule has 1 heterocycles. The number of sulfonamides is 1. The maximum absolute atomic E-state index is 13.3. The first-order valence-corrected chi connectivity index (χ1v) is 12.2. The van der Waals surface area contributed by atoms with Gasteiger partial charge in [-0.2, -0.15) is 0 Å². The number of rotatable bonds is 7. The summed E-state index contributed by atoms with van der Waals surface area (Å²) in [7, 11) is -3.10. The van der Waals surface area contributed by atoms with Crippen molar-refractivity contribution in [1.29, 1.82) is 0 Å². The largest absolute Gasteiger partial charge is 0.357 e. The summed E-state index contributed by atoms with van der Waals surface area (Å²) in [6.45, 7) is 9.14. The smallest absolute Gasteiger partial charge is 0.211 e. The first-order valence-electron chi connectivity index (χ1n) is 9.95. The Hall–Kier alpha value is -1.38. The Labute approximate surface area is 179 Å². The van der Waals surface area contributed by atoms with Crippen molar-refractivity contribution in [2.75, 3.05) is 39.0 Å². The minimum atomic E-state index is -3.10. The van der Waals surface area contributed by atoms with Crippen LogP contribution < -0.4 is 10.6 Å². The van der Waals surface area contributed by atoms with Crippen LogP contribution in [0.3, 0.4) is 0 Å². The van der Waals surface area contributed by atoms with E-state index < -0.39 is 10.0 Å². The summed E-state index contributed by atoms with van der Waals surface area (Å²) in [6.07, 6.45) is 2.92. The van der Waals surface area contributed by atoms with E-state index in [1.54, 1.807) is 6.07 Å². The molecule has 1 aromatic rings. The van der Waals surface area contributed by atoms with Gasteiger partial charge in [0.05, 0.1) is 12.8 Å². The molecule has 29 heavy (non-hydrogen) atoms. The van der Waals surface area contributed by atoms with Crippen LogP contribution in [-0.4, -0.2) is 57.7 Å². The van der Waals surface area contributed by atoms with Crippen molar-refractivity contribution in [1.82, 2.24) is 14.9 Å². The average Bonchev–Trinajstić information content (AvgIpc) is 2.63. The van der Waals surface area contributed by atoms with Crippen LogP contribution in [0.25, 0.3) is 0 Å². The molecule has 0 amide bonds. The van der Waals surface area contributed by atoms with Gasteiger partial charge in [0.2, 0.25) is 10.0 Å². The Balaban J connectivity index is 1.96. The molecule has 0 aromatic heterocycles. The molecule has 0 unspecified atom stereocenters. The third-order valence-corrected chi connectivity index (χ3v) is 6.85. The maximum Gasteiger partial charge on any atom is 0.211 e. The Morgan fingerprint density at radius 3 is 2.52 bits per heavy atom. The van der Waals surface area contributed by atoms with Gasteiger partial charge >= 0.3 is 0 Å². The normalized spacial score (nSPS) is 17.4. The molecular weight excluding hydrogens is 415 g/mol. The minimum absolute atomic E-state index is 0.352. The number of aliphatic imine (C=N–C) groups is 1. The van der Waals surface area contributed by atoms with Crippen molar-refractivity contribution in [3.63, 3.8) is 0 Å². The molecule has 0 radical (unpaired) electrons. The van der Waals surface area contributed by atoms with Crippen molar-refractivity contribution in [3.05, 3.63) is 34.6 Å². The van der Waals surface area contributed by atoms with Crippen LogP contribution in [0.4, 0.5) is 4.39 Å². The van der Waals surface area contributed by atoms with Gasteiger partial charge in [0.1, 0.15) is 5.82 Å². The van der Waals surface area contributed by atoms with Crippen LogP contribution in [0.5, 0.6) is 0 Å². The van der Waals surface area contributed by atoms with Gasteiger partial charge in [-0.25, -0.2) is 17.1 Å². The topological polar surface area (TPSA) is 73.8 Å². The highest BCUT2D eigenvalue weighted by Crippen LogP contribution is 2.30. The van der Waals surface area contributed by atoms with Crippen LogP contribution in [0, 0.1) is 11.7 Å². The summed E-state index contributed by atoms with van der Waals surface area (Å²) in [5, 5.41) is 7.02. The molecule has 1 saturated heterocycles. The Bertz CT molecular complexity index is 822. The fourth-order valence-corrected chi connectivity index (χ4v) is 4.73. The summed E-state index contributed by atoms with van der Waals surface area (Å²) in [5.74, 6) is 0.760. The third-order valence-electron chi connectivity index (χ3n) is 5.24. The molecule has 0 bridgehead atoms. The van der Waals surface area contributed by atoms with Crippen molar-refractivity contribution < 1.29 is 12.8 Å². The SMILES string of the molecule is CCNC(=NCC(C)(C)c1ccc(F)cc1Cl)NCC1CCN(S(C)(=O)=O)CC1. The van der Waals surface area contributed by atoms with Gasteiger partial charge in [-0.3, -0.25) is 4.99 Å². The molecule has 2 N–H and O–H groups in total. The Morgan fingerprint density at radius 2 is 1.97 bits per heavy atom. The van der Waals surface area contributed by atoms with Crippen molar-refractivity contribution in [2.45, 2.75) is 39.0 Å². The predicted molar refractivity (Wildman–Crippen MR) is 118 cm³/mol. The van der Waals surface area contributed by atoms with Crippen LogP contribution in [0.1, 0.15) is 39.2 Å². The third kappa shape index (κ3) is 7.12. The standard InChI is InChI=1S/C20H32ClFN4O2S/c1-5-23-19(24-13-15-8-10-26(11-9-15)29(4,27)28)25-14-20(2,3)17-7-6-16(22)12-18(17)21/h6-7,12,15H,5,8-11,13-14H2,1-4H3,(H2,23,24,25). The fourth-order valence-electron chi connectivity index (χ4n) is 3.43. The Kier molecular flexibility index (Phi) is 8.31. The molecule has 1 aromatic carbocycles. The van der Waals surface area contributed by atoms with Gasteiger partial charge in [0.15, 0.2) is 5.96 Å². The van der Waals surface area contributed by atoms with Crippen LogP contribution in [0.2, 0.25) is 5.02 Å². The summed E-state index contributed by atoms with van der Waals surface area (Å²) >= 11 is 6.23. The van der Waals surface area contributed by atoms with E-state index >= 15 is 0 Å². The number of benzene rings is 1. The molecule has 1 fully saturated rings. The van der Waals surface area contributed by atoms with E-state index in [1.165, 1.54) is 22.7 Å². The summed E-state index contributed by atoms with van der Waals surface area (Å²) < 4.78 is 38.2. The van der Waals surface area contributed by atoms with Gasteiger partial charge in [-0.15, -0.1) is 0 Å². The van der Waals surface area contributed by atoms with E-state index in [2.05, 4.69) is 10.6 Å². The lowest BCUT2D eigenvalue weighted by molar-refractivity contribution is 0.275. The van der Waals surface area contributed by atoms with Crippen molar-refractivity contribution >= 4 is 27.6 Å². The van der Waals surface area contributed by atoms with Gasteiger partial charge in [-0.05, 0) is 43.4 Å². The lowest BCUT2D eigenvalue weighted by Crippen LogP contribution is -2.44. The zero-order valence-electron chi connectivity index (χ0n) is 17.6. The molecule has 0 saturated carbocycles. The zero-order valence-corrected chi connectivity index (χ0v) is 19.2. The number of hydrogen-bond donors (Lipinski definition) is 2. The fraction of sp³-hybridized carbons (Fsp3) is 0.650. The number of hydrogen-bond acceptors (Lipinski definition) is 3. The second kappa shape index (κ2) is 10.1. The minimum Gasteiger partial charge on any atom is -0.357 e. The molecule has 0 atom stereocenters. The molecule has 2 rings (SSSR count). The summed E-state index contributed by atoms with van der Waals surface area (Å²) in [6, 6.07) is 4.46. The number of nitrogens with zero attached hydrogens (tertiary/aromatic N) is 2. The number of guanidine groups is 1. The lowest BCUT2D eigenvalue weighted by atomic mass is 9.84. The van der Waals surface area contributed by atoms with E-state index in [0.29, 0.717) is 36.5 Å². The highest BCUT2D eigenvalue weighted by atomic mass is 35.5. The van der Waals surface area contributed by atoms with Crippen molar-refractivity contribution in [3.8, 4) is 0 Å². The predicted octanol–water partition coefficient (Wildman–Crippen LogP) is 2.98. The molecule has 164 valence electrons. The van der Waals surface area contributed by atoms with Crippen LogP contribution >= 0.6 is 11.6 Å². The van der Waals surface area contributed by atoms with Crippen molar-refractivity contribution in [2.24, 2.45) is 10.9 Å². The monoisotopic (exact) mass is 446 g/mol. The zero-order chi connectivity index (χ0) is 21.7. The molecule has 9 heteroatoms. The van der Waals surface area contributed by atoms with E-state index in [-0.39, 0.29) is 11.2 Å². The van der Waals surface area contributed by atoms with E-state index in [9.17, 15) is 12.8 Å². The molecular formula is C20H32ClFN4O2S. The Morgan fingerprint density at radius 1 is 1.31 bits per heavy atom. The molecule has 1 aliphatic rings. The average molecular weight is 447 g/mol. The second-order valence-corrected chi connectivity index (χ2v) is 10.6. The highest BCUT2D eigenvalue weighted by molar-refractivity contribution is 7.88. The molecule has 1 aliphatic heterocycles. The van der Waals surface area contributed by atoms with Crippen LogP contribution in [0.15, 0.2) is 23.2 Å². The number of halogens is 2. The number of piperidine rings is 1. The first-order chi connectivity index (χ1) is 13.5. The molecule has 0 spiro atoms. The van der Waals surface area contributed by atoms with E-state index in [4.69, 9.17) is 16.6 Å². The second-order valence-electron chi connectivity index (χ2n) is 8.19. The lowest BCUT2D eigenvalue weighted by Gasteiger charge is -2.30. The summed E-state index contributed by atoms with van der Waals surface area (Å²) in [4.78, 5) is 4.70. The quantitative estimate of drug-likeness (QED) is 0.498. The molecule has 0 aliphatic carbocycles. The van der Waals surface area contributed by atoms with Gasteiger partial charge in [-0.1, -0.05) is 31.5 Å². The van der Waals surface area contributed by atoms with Crippen LogP contribution in [-0.2, 0) is 15.4 Å². The first kappa shape index (κ1) is 23.9. The van der Waals surface area contributed by atoms with E-state index in [0.717, 1.165) is 31.5 Å². The summed E-state index contributed by atoms with van der Waals surface area (Å²) in [5.41, 5.74) is 0.502. The van der Waals surface area contributed by atoms with Gasteiger partial charge in [0.25, 0.3) is 0 Å². The molecule has 6 nitrogen and oxygen atoms in total. The van der Waals surface area contributed by atoms with Gasteiger partial charge < -0.3 is 10.6 Å². The van der Waals surface area contributed by atoms with Gasteiger partial charge in [0, 0.05) is 36.6 Å². The highest BCUT2D eigenvalue weighted by Gasteiger charge is 2.26. The number of nitrogens with one attached hydrogen (secondary N) is 2. The maximum atomic E-state index is 13.3. The van der Waals surface area contributed by atoms with E-state index in [1.807, 2.05) is 20.8 Å².